The van der Waals surface area contributed by atoms with Crippen LogP contribution in [0.1, 0.15) is 21.6 Å². The van der Waals surface area contributed by atoms with E-state index in [0.717, 1.165) is 22.2 Å². The second kappa shape index (κ2) is 8.40. The Bertz CT molecular complexity index is 1030. The van der Waals surface area contributed by atoms with Crippen LogP contribution < -0.4 is 10.9 Å². The monoisotopic (exact) mass is 396 g/mol. The van der Waals surface area contributed by atoms with Gasteiger partial charge in [0.05, 0.1) is 17.0 Å². The lowest BCUT2D eigenvalue weighted by Gasteiger charge is -2.06. The van der Waals surface area contributed by atoms with E-state index >= 15 is 0 Å². The molecule has 0 unspecified atom stereocenters. The summed E-state index contributed by atoms with van der Waals surface area (Å²) in [6.45, 7) is 2.00. The lowest BCUT2D eigenvalue weighted by molar-refractivity contribution is -0.384. The molecule has 2 aromatic carbocycles. The fourth-order valence-corrected chi connectivity index (χ4v) is 3.21. The van der Waals surface area contributed by atoms with Crippen LogP contribution in [0.15, 0.2) is 53.9 Å². The largest absolute Gasteiger partial charge is 0.273 e. The SMILES string of the molecule is Cc1ccc(-c2nc(CC(=O)NNC(=O)c3cccc([N+](=O)[O-])c3)cs2)cc1. The minimum atomic E-state index is -0.643. The lowest BCUT2D eigenvalue weighted by Crippen LogP contribution is -2.42. The fraction of sp³-hybridized carbons (Fsp3) is 0.105. The first-order valence-electron chi connectivity index (χ1n) is 8.27. The molecule has 0 aliphatic carbocycles. The van der Waals surface area contributed by atoms with Gasteiger partial charge in [0.2, 0.25) is 5.91 Å². The third-order valence-electron chi connectivity index (χ3n) is 3.83. The van der Waals surface area contributed by atoms with E-state index in [2.05, 4.69) is 15.8 Å². The number of aromatic nitrogens is 1. The van der Waals surface area contributed by atoms with Crippen molar-refractivity contribution >= 4 is 28.8 Å². The first-order valence-corrected chi connectivity index (χ1v) is 9.15. The summed E-state index contributed by atoms with van der Waals surface area (Å²) in [5.41, 5.74) is 7.12. The van der Waals surface area contributed by atoms with E-state index in [4.69, 9.17) is 0 Å². The smallest absolute Gasteiger partial charge is 0.270 e. The van der Waals surface area contributed by atoms with Crippen molar-refractivity contribution in [2.24, 2.45) is 0 Å². The third-order valence-corrected chi connectivity index (χ3v) is 4.77. The van der Waals surface area contributed by atoms with Crippen molar-refractivity contribution in [2.75, 3.05) is 0 Å². The van der Waals surface area contributed by atoms with Gasteiger partial charge in [0.15, 0.2) is 0 Å². The lowest BCUT2D eigenvalue weighted by atomic mass is 10.2. The molecule has 2 amide bonds. The topological polar surface area (TPSA) is 114 Å². The van der Waals surface area contributed by atoms with Crippen LogP contribution in [0.4, 0.5) is 5.69 Å². The highest BCUT2D eigenvalue weighted by Crippen LogP contribution is 2.24. The second-order valence-electron chi connectivity index (χ2n) is 6.00. The van der Waals surface area contributed by atoms with E-state index in [-0.39, 0.29) is 17.7 Å². The van der Waals surface area contributed by atoms with Crippen molar-refractivity contribution in [1.82, 2.24) is 15.8 Å². The average molecular weight is 396 g/mol. The maximum Gasteiger partial charge on any atom is 0.270 e. The van der Waals surface area contributed by atoms with Gasteiger partial charge in [-0.05, 0) is 13.0 Å². The van der Waals surface area contributed by atoms with E-state index in [1.54, 1.807) is 5.38 Å². The van der Waals surface area contributed by atoms with Gasteiger partial charge < -0.3 is 0 Å². The van der Waals surface area contributed by atoms with Crippen LogP contribution in [0.25, 0.3) is 10.6 Å². The Morgan fingerprint density at radius 3 is 2.61 bits per heavy atom. The molecule has 2 N–H and O–H groups in total. The van der Waals surface area contributed by atoms with Crippen LogP contribution in [0.3, 0.4) is 0 Å². The maximum atomic E-state index is 12.0. The second-order valence-corrected chi connectivity index (χ2v) is 6.85. The van der Waals surface area contributed by atoms with Crippen LogP contribution in [0.2, 0.25) is 0 Å². The number of rotatable bonds is 5. The van der Waals surface area contributed by atoms with Crippen molar-refractivity contribution in [3.05, 3.63) is 80.8 Å². The molecule has 0 atom stereocenters. The molecule has 0 saturated carbocycles. The Labute approximate surface area is 164 Å². The highest BCUT2D eigenvalue weighted by Gasteiger charge is 2.13. The Morgan fingerprint density at radius 1 is 1.14 bits per heavy atom. The quantitative estimate of drug-likeness (QED) is 0.508. The summed E-state index contributed by atoms with van der Waals surface area (Å²) >= 11 is 1.43. The number of carbonyl (C=O) groups is 2. The molecule has 0 spiro atoms. The minimum Gasteiger partial charge on any atom is -0.273 e. The van der Waals surface area contributed by atoms with E-state index < -0.39 is 16.7 Å². The van der Waals surface area contributed by atoms with E-state index in [9.17, 15) is 19.7 Å². The number of nitro benzene ring substituents is 1. The number of non-ortho nitro benzene ring substituents is 1. The first kappa shape index (κ1) is 19.2. The number of nitrogens with one attached hydrogen (secondary N) is 2. The summed E-state index contributed by atoms with van der Waals surface area (Å²) < 4.78 is 0. The number of hydrogen-bond donors (Lipinski definition) is 2. The molecule has 3 rings (SSSR count). The number of thiazole rings is 1. The van der Waals surface area contributed by atoms with Crippen LogP contribution in [-0.4, -0.2) is 21.7 Å². The molecule has 0 radical (unpaired) electrons. The molecule has 0 aliphatic heterocycles. The third kappa shape index (κ3) is 4.77. The van der Waals surface area contributed by atoms with Gasteiger partial charge in [-0.1, -0.05) is 35.9 Å². The predicted octanol–water partition coefficient (Wildman–Crippen LogP) is 3.03. The van der Waals surface area contributed by atoms with Crippen molar-refractivity contribution in [1.29, 1.82) is 0 Å². The molecule has 0 saturated heterocycles. The van der Waals surface area contributed by atoms with Gasteiger partial charge in [-0.2, -0.15) is 0 Å². The van der Waals surface area contributed by atoms with Crippen LogP contribution in [-0.2, 0) is 11.2 Å². The van der Waals surface area contributed by atoms with Gasteiger partial charge in [0.25, 0.3) is 11.6 Å². The van der Waals surface area contributed by atoms with Crippen LogP contribution in [0.5, 0.6) is 0 Å². The van der Waals surface area contributed by atoms with Crippen molar-refractivity contribution in [3.63, 3.8) is 0 Å². The molecule has 28 heavy (non-hydrogen) atoms. The first-order chi connectivity index (χ1) is 13.4. The Kier molecular flexibility index (Phi) is 5.75. The van der Waals surface area contributed by atoms with Gasteiger partial charge in [0, 0.05) is 28.6 Å². The summed E-state index contributed by atoms with van der Waals surface area (Å²) in [6, 6.07) is 13.2. The number of hydrazine groups is 1. The highest BCUT2D eigenvalue weighted by atomic mass is 32.1. The maximum absolute atomic E-state index is 12.0. The number of nitro groups is 1. The molecule has 0 bridgehead atoms. The summed E-state index contributed by atoms with van der Waals surface area (Å²) in [7, 11) is 0. The van der Waals surface area contributed by atoms with Crippen molar-refractivity contribution in [3.8, 4) is 10.6 Å². The number of carbonyl (C=O) groups excluding carboxylic acids is 2. The normalized spacial score (nSPS) is 10.3. The van der Waals surface area contributed by atoms with Gasteiger partial charge >= 0.3 is 0 Å². The summed E-state index contributed by atoms with van der Waals surface area (Å²) in [4.78, 5) is 38.7. The molecule has 0 aliphatic rings. The summed E-state index contributed by atoms with van der Waals surface area (Å²) in [5, 5.41) is 13.4. The van der Waals surface area contributed by atoms with Crippen LogP contribution in [0, 0.1) is 17.0 Å². The van der Waals surface area contributed by atoms with E-state index in [1.165, 1.54) is 29.5 Å². The van der Waals surface area contributed by atoms with Crippen LogP contribution >= 0.6 is 11.3 Å². The summed E-state index contributed by atoms with van der Waals surface area (Å²) in [5.74, 6) is -1.09. The zero-order valence-corrected chi connectivity index (χ0v) is 15.7. The zero-order chi connectivity index (χ0) is 20.1. The molecule has 142 valence electrons. The highest BCUT2D eigenvalue weighted by molar-refractivity contribution is 7.13. The number of nitrogens with zero attached hydrogens (tertiary/aromatic N) is 2. The van der Waals surface area contributed by atoms with Gasteiger partial charge in [-0.15, -0.1) is 11.3 Å². The molecule has 8 nitrogen and oxygen atoms in total. The van der Waals surface area contributed by atoms with Gasteiger partial charge in [0.1, 0.15) is 5.01 Å². The molecule has 1 heterocycles. The van der Waals surface area contributed by atoms with Gasteiger partial charge in [-0.3, -0.25) is 30.6 Å². The van der Waals surface area contributed by atoms with Crippen molar-refractivity contribution < 1.29 is 14.5 Å². The molecule has 0 fully saturated rings. The molecular formula is C19H16N4O4S. The Balaban J connectivity index is 1.56. The number of aryl methyl sites for hydroxylation is 1. The molecule has 3 aromatic rings. The van der Waals surface area contributed by atoms with E-state index in [1.807, 2.05) is 31.2 Å². The molecule has 9 heteroatoms. The summed E-state index contributed by atoms with van der Waals surface area (Å²) in [6.07, 6.45) is -0.00240. The van der Waals surface area contributed by atoms with Crippen molar-refractivity contribution in [2.45, 2.75) is 13.3 Å². The number of benzene rings is 2. The predicted molar refractivity (Wildman–Crippen MR) is 105 cm³/mol. The Morgan fingerprint density at radius 2 is 1.89 bits per heavy atom. The number of hydrogen-bond acceptors (Lipinski definition) is 6. The average Bonchev–Trinajstić information content (AvgIpc) is 3.15. The van der Waals surface area contributed by atoms with Gasteiger partial charge in [-0.25, -0.2) is 4.98 Å². The Hall–Kier alpha value is -3.59. The number of amides is 2. The fourth-order valence-electron chi connectivity index (χ4n) is 2.38. The molecular weight excluding hydrogens is 380 g/mol. The molecule has 1 aromatic heterocycles. The standard InChI is InChI=1S/C19H16N4O4S/c1-12-5-7-13(8-6-12)19-20-15(11-28-19)10-17(24)21-22-18(25)14-3-2-4-16(9-14)23(26)27/h2-9,11H,10H2,1H3,(H,21,24)(H,22,25). The van der Waals surface area contributed by atoms with E-state index in [0.29, 0.717) is 5.69 Å². The minimum absolute atomic E-state index is 0.00240. The zero-order valence-electron chi connectivity index (χ0n) is 14.8.